The van der Waals surface area contributed by atoms with Gasteiger partial charge in [0.1, 0.15) is 11.5 Å². The predicted octanol–water partition coefficient (Wildman–Crippen LogP) is 5.14. The van der Waals surface area contributed by atoms with E-state index in [-0.39, 0.29) is 34.1 Å². The molecule has 0 aliphatic heterocycles. The molecule has 0 saturated carbocycles. The minimum absolute atomic E-state index is 0.0502. The molecule has 0 fully saturated rings. The molecule has 240 valence electrons. The molecule has 6 N–H and O–H groups in total. The van der Waals surface area contributed by atoms with Gasteiger partial charge in [0, 0.05) is 11.1 Å². The van der Waals surface area contributed by atoms with Gasteiger partial charge >= 0.3 is 0 Å². The van der Waals surface area contributed by atoms with E-state index in [4.69, 9.17) is 9.47 Å². The van der Waals surface area contributed by atoms with Crippen LogP contribution in [0.5, 0.6) is 34.5 Å². The number of nitrogens with one attached hydrogen (secondary N) is 2. The molecule has 4 aromatic carbocycles. The molecule has 0 bridgehead atoms. The third kappa shape index (κ3) is 8.99. The number of hydrogen-bond acceptors (Lipinski definition) is 10. The molecule has 12 nitrogen and oxygen atoms in total. The lowest BCUT2D eigenvalue weighted by Crippen LogP contribution is -2.18. The highest BCUT2D eigenvalue weighted by Gasteiger charge is 2.13. The van der Waals surface area contributed by atoms with E-state index in [0.717, 1.165) is 0 Å². The van der Waals surface area contributed by atoms with Crippen molar-refractivity contribution in [1.29, 1.82) is 0 Å². The van der Waals surface area contributed by atoms with Crippen LogP contribution in [-0.2, 0) is 0 Å². The summed E-state index contributed by atoms with van der Waals surface area (Å²) in [7, 11) is 0. The molecule has 0 aliphatic carbocycles. The van der Waals surface area contributed by atoms with E-state index in [1.165, 1.54) is 24.6 Å². The number of rotatable bonds is 10. The van der Waals surface area contributed by atoms with E-state index in [1.807, 2.05) is 13.8 Å². The summed E-state index contributed by atoms with van der Waals surface area (Å²) in [5, 5.41) is 47.3. The SMILES string of the molecule is CCOc1cccc(/C=N/NC(=O)c2cccc(C)c2O)c1O.CCOc1cccc(/C=N/NC(=O)c2cccc(C)c2O)c1O. The average Bonchev–Trinajstić information content (AvgIpc) is 3.03. The molecule has 4 aromatic rings. The van der Waals surface area contributed by atoms with Crippen molar-refractivity contribution in [3.8, 4) is 34.5 Å². The fourth-order valence-corrected chi connectivity index (χ4v) is 3.96. The molecule has 0 spiro atoms. The maximum Gasteiger partial charge on any atom is 0.275 e. The summed E-state index contributed by atoms with van der Waals surface area (Å²) in [6.45, 7) is 7.89. The van der Waals surface area contributed by atoms with E-state index < -0.39 is 11.8 Å². The Kier molecular flexibility index (Phi) is 12.5. The van der Waals surface area contributed by atoms with Crippen LogP contribution in [0.3, 0.4) is 0 Å². The third-order valence-corrected chi connectivity index (χ3v) is 6.36. The van der Waals surface area contributed by atoms with Crippen LogP contribution in [0.15, 0.2) is 83.0 Å². The molecule has 4 rings (SSSR count). The number of benzene rings is 4. The largest absolute Gasteiger partial charge is 0.507 e. The molecule has 0 saturated heterocycles. The van der Waals surface area contributed by atoms with Gasteiger partial charge in [-0.1, -0.05) is 36.4 Å². The number of carbonyl (C=O) groups excluding carboxylic acids is 2. The van der Waals surface area contributed by atoms with Crippen molar-refractivity contribution in [1.82, 2.24) is 10.9 Å². The molecule has 46 heavy (non-hydrogen) atoms. The van der Waals surface area contributed by atoms with Gasteiger partial charge in [-0.05, 0) is 75.2 Å². The Labute approximate surface area is 266 Å². The van der Waals surface area contributed by atoms with E-state index in [0.29, 0.717) is 47.0 Å². The van der Waals surface area contributed by atoms with Crippen LogP contribution in [-0.4, -0.2) is 57.9 Å². The maximum absolute atomic E-state index is 12.0. The maximum atomic E-state index is 12.0. The summed E-state index contributed by atoms with van der Waals surface area (Å²) in [5.41, 5.74) is 6.91. The Morgan fingerprint density at radius 3 is 1.35 bits per heavy atom. The minimum atomic E-state index is -0.539. The quantitative estimate of drug-likeness (QED) is 0.103. The normalized spacial score (nSPS) is 10.7. The van der Waals surface area contributed by atoms with Crippen LogP contribution in [0.1, 0.15) is 56.8 Å². The molecule has 0 radical (unpaired) electrons. The molecule has 2 amide bonds. The van der Waals surface area contributed by atoms with Crippen LogP contribution < -0.4 is 20.3 Å². The van der Waals surface area contributed by atoms with Gasteiger partial charge in [-0.15, -0.1) is 0 Å². The van der Waals surface area contributed by atoms with E-state index in [2.05, 4.69) is 21.1 Å². The summed E-state index contributed by atoms with van der Waals surface area (Å²) in [5.74, 6) is -0.650. The van der Waals surface area contributed by atoms with E-state index in [1.54, 1.807) is 74.5 Å². The monoisotopic (exact) mass is 628 g/mol. The van der Waals surface area contributed by atoms with Crippen molar-refractivity contribution >= 4 is 24.2 Å². The zero-order valence-corrected chi connectivity index (χ0v) is 25.8. The van der Waals surface area contributed by atoms with Crippen LogP contribution in [0, 0.1) is 13.8 Å². The number of ether oxygens (including phenoxy) is 2. The topological polar surface area (TPSA) is 182 Å². The van der Waals surface area contributed by atoms with Gasteiger partial charge in [-0.25, -0.2) is 10.9 Å². The number of aryl methyl sites for hydroxylation is 2. The smallest absolute Gasteiger partial charge is 0.275 e. The second-order valence-corrected chi connectivity index (χ2v) is 9.59. The van der Waals surface area contributed by atoms with Crippen molar-refractivity contribution in [3.05, 3.63) is 106 Å². The van der Waals surface area contributed by atoms with Gasteiger partial charge < -0.3 is 29.9 Å². The van der Waals surface area contributed by atoms with Gasteiger partial charge in [0.25, 0.3) is 11.8 Å². The number of nitrogens with zero attached hydrogens (tertiary/aromatic N) is 2. The van der Waals surface area contributed by atoms with Gasteiger partial charge in [0.15, 0.2) is 23.0 Å². The standard InChI is InChI=1S/2C17H18N2O4/c2*1-3-23-14-9-5-7-12(16(14)21)10-18-19-17(22)13-8-4-6-11(2)15(13)20/h2*4-10,20-21H,3H2,1-2H3,(H,19,22)/b2*18-10+. The number of phenols is 4. The minimum Gasteiger partial charge on any atom is -0.507 e. The third-order valence-electron chi connectivity index (χ3n) is 6.36. The molecule has 0 aromatic heterocycles. The predicted molar refractivity (Wildman–Crippen MR) is 174 cm³/mol. The molecule has 12 heteroatoms. The Hall–Kier alpha value is -6.04. The summed E-state index contributed by atoms with van der Waals surface area (Å²) >= 11 is 0. The van der Waals surface area contributed by atoms with Gasteiger partial charge in [0.05, 0.1) is 36.8 Å². The lowest BCUT2D eigenvalue weighted by Gasteiger charge is -2.07. The highest BCUT2D eigenvalue weighted by Crippen LogP contribution is 2.29. The van der Waals surface area contributed by atoms with E-state index >= 15 is 0 Å². The number of aromatic hydroxyl groups is 4. The van der Waals surface area contributed by atoms with Crippen molar-refractivity contribution in [2.24, 2.45) is 10.2 Å². The second-order valence-electron chi connectivity index (χ2n) is 9.59. The Morgan fingerprint density at radius 2 is 0.978 bits per heavy atom. The average molecular weight is 629 g/mol. The highest BCUT2D eigenvalue weighted by molar-refractivity contribution is 5.98. The molecule has 0 unspecified atom stereocenters. The number of phenolic OH excluding ortho intramolecular Hbond substituents is 4. The Bertz CT molecular complexity index is 1610. The number of hydrogen-bond donors (Lipinski definition) is 6. The molecule has 0 heterocycles. The summed E-state index contributed by atoms with van der Waals surface area (Å²) in [4.78, 5) is 24.0. The number of hydrazone groups is 2. The first-order valence-electron chi connectivity index (χ1n) is 14.2. The summed E-state index contributed by atoms with van der Waals surface area (Å²) < 4.78 is 10.5. The Morgan fingerprint density at radius 1 is 0.609 bits per heavy atom. The first-order chi connectivity index (χ1) is 22.1. The lowest BCUT2D eigenvalue weighted by atomic mass is 10.1. The van der Waals surface area contributed by atoms with Crippen molar-refractivity contribution in [2.45, 2.75) is 27.7 Å². The van der Waals surface area contributed by atoms with Crippen molar-refractivity contribution in [2.75, 3.05) is 13.2 Å². The molecular formula is C34H36N4O8. The van der Waals surface area contributed by atoms with Gasteiger partial charge in [-0.2, -0.15) is 10.2 Å². The highest BCUT2D eigenvalue weighted by atomic mass is 16.5. The first-order valence-corrected chi connectivity index (χ1v) is 14.2. The number of amides is 2. The molecule has 0 atom stereocenters. The van der Waals surface area contributed by atoms with E-state index in [9.17, 15) is 30.0 Å². The molecular weight excluding hydrogens is 592 g/mol. The van der Waals surface area contributed by atoms with Crippen LogP contribution in [0.25, 0.3) is 0 Å². The van der Waals surface area contributed by atoms with Crippen LogP contribution in [0.2, 0.25) is 0 Å². The Balaban J connectivity index is 0.000000250. The van der Waals surface area contributed by atoms with Gasteiger partial charge in [0.2, 0.25) is 0 Å². The summed E-state index contributed by atoms with van der Waals surface area (Å²) in [6.07, 6.45) is 2.62. The van der Waals surface area contributed by atoms with Crippen LogP contribution >= 0.6 is 0 Å². The fourth-order valence-electron chi connectivity index (χ4n) is 3.96. The number of carbonyl (C=O) groups is 2. The van der Waals surface area contributed by atoms with Crippen molar-refractivity contribution in [3.63, 3.8) is 0 Å². The molecule has 0 aliphatic rings. The van der Waals surface area contributed by atoms with Gasteiger partial charge in [-0.3, -0.25) is 9.59 Å². The zero-order chi connectivity index (χ0) is 33.6. The van der Waals surface area contributed by atoms with Crippen molar-refractivity contribution < 1.29 is 39.5 Å². The fraction of sp³-hybridized carbons (Fsp3) is 0.176. The lowest BCUT2D eigenvalue weighted by molar-refractivity contribution is 0.0944. The number of para-hydroxylation sites is 4. The first kappa shape index (κ1) is 34.5. The zero-order valence-electron chi connectivity index (χ0n) is 25.8. The second kappa shape index (κ2) is 16.7. The van der Waals surface area contributed by atoms with Crippen LogP contribution in [0.4, 0.5) is 0 Å². The summed E-state index contributed by atoms with van der Waals surface area (Å²) in [6, 6.07) is 19.7.